The first-order valence-electron chi connectivity index (χ1n) is 12.8. The van der Waals surface area contributed by atoms with Crippen molar-refractivity contribution in [2.75, 3.05) is 0 Å². The van der Waals surface area contributed by atoms with Crippen molar-refractivity contribution in [2.24, 2.45) is 0 Å². The number of benzene rings is 3. The topological polar surface area (TPSA) is 70.8 Å². The maximum atomic E-state index is 13.8. The number of hydrogen-bond donors (Lipinski definition) is 2. The highest BCUT2D eigenvalue weighted by molar-refractivity contribution is 7.13. The van der Waals surface area contributed by atoms with Gasteiger partial charge in [0.05, 0.1) is 22.7 Å². The number of amides is 1. The van der Waals surface area contributed by atoms with Crippen LogP contribution >= 0.6 is 11.3 Å². The molecular weight excluding hydrogens is 504 g/mol. The number of nitrogens with zero attached hydrogens (tertiary/aromatic N) is 1. The van der Waals surface area contributed by atoms with E-state index < -0.39 is 5.97 Å². The summed E-state index contributed by atoms with van der Waals surface area (Å²) in [7, 11) is 0. The molecule has 0 bridgehead atoms. The van der Waals surface area contributed by atoms with E-state index in [0.29, 0.717) is 12.0 Å². The van der Waals surface area contributed by atoms with Crippen molar-refractivity contribution in [2.45, 2.75) is 19.4 Å². The number of nitrogens with one attached hydrogen (secondary N) is 1. The SMILES string of the molecule is C[C@H](NC(=O)c1cc(-c2cccs2)cn2ccc(Cc3ccc4ccccc4c3)c12)c1ccc(C(=O)O)cc1. The summed E-state index contributed by atoms with van der Waals surface area (Å²) in [6, 6.07) is 29.2. The largest absolute Gasteiger partial charge is 0.478 e. The maximum Gasteiger partial charge on any atom is 0.335 e. The molecule has 5 nitrogen and oxygen atoms in total. The molecule has 192 valence electrons. The number of carbonyl (C=O) groups excluding carboxylic acids is 1. The Bertz CT molecular complexity index is 1820. The van der Waals surface area contributed by atoms with Gasteiger partial charge in [-0.15, -0.1) is 11.3 Å². The Labute approximate surface area is 230 Å². The summed E-state index contributed by atoms with van der Waals surface area (Å²) < 4.78 is 2.05. The first-order chi connectivity index (χ1) is 19.0. The van der Waals surface area contributed by atoms with Gasteiger partial charge < -0.3 is 14.8 Å². The van der Waals surface area contributed by atoms with Gasteiger partial charge in [-0.1, -0.05) is 60.7 Å². The normalized spacial score (nSPS) is 12.0. The number of carbonyl (C=O) groups is 2. The standard InChI is InChI=1S/C33H26N2O3S/c1-21(23-10-12-25(13-11-23)33(37)38)34-32(36)29-19-28(30-7-4-16-39-30)20-35-15-14-27(31(29)35)18-22-8-9-24-5-2-3-6-26(24)17-22/h2-17,19-21H,18H2,1H3,(H,34,36)(H,37,38)/t21-/m0/s1. The van der Waals surface area contributed by atoms with Crippen LogP contribution in [0.5, 0.6) is 0 Å². The van der Waals surface area contributed by atoms with Crippen LogP contribution in [0.4, 0.5) is 0 Å². The van der Waals surface area contributed by atoms with Crippen molar-refractivity contribution in [3.63, 3.8) is 0 Å². The summed E-state index contributed by atoms with van der Waals surface area (Å²) in [5.74, 6) is -1.15. The average Bonchev–Trinajstić information content (AvgIpc) is 3.63. The smallest absolute Gasteiger partial charge is 0.335 e. The van der Waals surface area contributed by atoms with Crippen LogP contribution < -0.4 is 5.32 Å². The van der Waals surface area contributed by atoms with Crippen LogP contribution in [-0.4, -0.2) is 21.4 Å². The molecule has 0 saturated heterocycles. The fraction of sp³-hybridized carbons (Fsp3) is 0.0909. The predicted molar refractivity (Wildman–Crippen MR) is 157 cm³/mol. The Kier molecular flexibility index (Phi) is 6.47. The zero-order valence-corrected chi connectivity index (χ0v) is 22.1. The number of rotatable bonds is 7. The molecule has 1 amide bonds. The fourth-order valence-corrected chi connectivity index (χ4v) is 5.76. The molecule has 39 heavy (non-hydrogen) atoms. The van der Waals surface area contributed by atoms with Gasteiger partial charge in [0.25, 0.3) is 5.91 Å². The van der Waals surface area contributed by atoms with Crippen LogP contribution in [0.1, 0.15) is 50.4 Å². The number of fused-ring (bicyclic) bond motifs is 2. The van der Waals surface area contributed by atoms with E-state index in [1.807, 2.05) is 47.2 Å². The van der Waals surface area contributed by atoms with Gasteiger partial charge in [0.2, 0.25) is 0 Å². The summed E-state index contributed by atoms with van der Waals surface area (Å²) in [5, 5.41) is 16.8. The van der Waals surface area contributed by atoms with Gasteiger partial charge in [-0.2, -0.15) is 0 Å². The number of aromatic carboxylic acids is 1. The van der Waals surface area contributed by atoms with E-state index in [1.54, 1.807) is 35.6 Å². The third-order valence-corrected chi connectivity index (χ3v) is 8.01. The second-order valence-electron chi connectivity index (χ2n) is 9.70. The van der Waals surface area contributed by atoms with E-state index in [-0.39, 0.29) is 17.5 Å². The van der Waals surface area contributed by atoms with Gasteiger partial charge in [-0.3, -0.25) is 4.79 Å². The number of thiophene rings is 1. The van der Waals surface area contributed by atoms with E-state index >= 15 is 0 Å². The molecule has 0 aliphatic rings. The van der Waals surface area contributed by atoms with E-state index in [4.69, 9.17) is 0 Å². The highest BCUT2D eigenvalue weighted by Gasteiger charge is 2.19. The zero-order valence-electron chi connectivity index (χ0n) is 21.3. The lowest BCUT2D eigenvalue weighted by Gasteiger charge is -2.17. The molecule has 0 radical (unpaired) electrons. The lowest BCUT2D eigenvalue weighted by Crippen LogP contribution is -2.27. The van der Waals surface area contributed by atoms with E-state index in [9.17, 15) is 14.7 Å². The van der Waals surface area contributed by atoms with Gasteiger partial charge >= 0.3 is 5.97 Å². The Morgan fingerprint density at radius 3 is 2.46 bits per heavy atom. The molecule has 2 N–H and O–H groups in total. The van der Waals surface area contributed by atoms with Crippen LogP contribution in [0.15, 0.2) is 109 Å². The van der Waals surface area contributed by atoms with E-state index in [2.05, 4.69) is 54.0 Å². The molecule has 6 aromatic rings. The second kappa shape index (κ2) is 10.2. The van der Waals surface area contributed by atoms with Gasteiger partial charge in [-0.25, -0.2) is 4.79 Å². The lowest BCUT2D eigenvalue weighted by molar-refractivity contribution is 0.0696. The second-order valence-corrected chi connectivity index (χ2v) is 10.6. The monoisotopic (exact) mass is 530 g/mol. The van der Waals surface area contributed by atoms with Crippen LogP contribution in [0.25, 0.3) is 26.7 Å². The molecule has 3 aromatic heterocycles. The minimum Gasteiger partial charge on any atom is -0.478 e. The maximum absolute atomic E-state index is 13.8. The number of carboxylic acids is 1. The first kappa shape index (κ1) is 24.6. The van der Waals surface area contributed by atoms with Crippen LogP contribution in [0, 0.1) is 0 Å². The van der Waals surface area contributed by atoms with Crippen molar-refractivity contribution in [3.8, 4) is 10.4 Å². The molecule has 0 aliphatic carbocycles. The molecule has 0 saturated carbocycles. The van der Waals surface area contributed by atoms with E-state index in [0.717, 1.165) is 27.1 Å². The third kappa shape index (κ3) is 4.94. The van der Waals surface area contributed by atoms with Crippen molar-refractivity contribution >= 4 is 39.5 Å². The third-order valence-electron chi connectivity index (χ3n) is 7.10. The zero-order chi connectivity index (χ0) is 26.9. The van der Waals surface area contributed by atoms with Gasteiger partial charge in [-0.05, 0) is 76.5 Å². The highest BCUT2D eigenvalue weighted by Crippen LogP contribution is 2.31. The molecule has 3 aromatic carbocycles. The number of carboxylic acid groups (broad SMARTS) is 1. The summed E-state index contributed by atoms with van der Waals surface area (Å²) in [6.07, 6.45) is 4.80. The Morgan fingerprint density at radius 1 is 0.923 bits per heavy atom. The lowest BCUT2D eigenvalue weighted by atomic mass is 9.99. The summed E-state index contributed by atoms with van der Waals surface area (Å²) in [4.78, 5) is 26.1. The molecule has 0 fully saturated rings. The van der Waals surface area contributed by atoms with Gasteiger partial charge in [0, 0.05) is 22.8 Å². The fourth-order valence-electron chi connectivity index (χ4n) is 5.05. The van der Waals surface area contributed by atoms with Crippen LogP contribution in [-0.2, 0) is 6.42 Å². The quantitative estimate of drug-likeness (QED) is 0.223. The number of hydrogen-bond acceptors (Lipinski definition) is 3. The molecule has 6 rings (SSSR count). The van der Waals surface area contributed by atoms with Crippen molar-refractivity contribution in [1.29, 1.82) is 0 Å². The molecule has 1 atom stereocenters. The molecule has 3 heterocycles. The number of pyridine rings is 1. The summed E-state index contributed by atoms with van der Waals surface area (Å²) in [5.41, 5.74) is 5.78. The summed E-state index contributed by atoms with van der Waals surface area (Å²) >= 11 is 1.64. The molecular formula is C33H26N2O3S. The van der Waals surface area contributed by atoms with Crippen LogP contribution in [0.2, 0.25) is 0 Å². The number of aromatic nitrogens is 1. The predicted octanol–water partition coefficient (Wildman–Crippen LogP) is 7.60. The van der Waals surface area contributed by atoms with Crippen LogP contribution in [0.3, 0.4) is 0 Å². The van der Waals surface area contributed by atoms with Crippen molar-refractivity contribution in [3.05, 3.63) is 137 Å². The van der Waals surface area contributed by atoms with Gasteiger partial charge in [0.1, 0.15) is 0 Å². The Morgan fingerprint density at radius 2 is 1.72 bits per heavy atom. The molecule has 0 spiro atoms. The van der Waals surface area contributed by atoms with Crippen molar-refractivity contribution in [1.82, 2.24) is 9.72 Å². The minimum atomic E-state index is -0.974. The van der Waals surface area contributed by atoms with Crippen molar-refractivity contribution < 1.29 is 14.7 Å². The molecule has 6 heteroatoms. The Balaban J connectivity index is 1.38. The highest BCUT2D eigenvalue weighted by atomic mass is 32.1. The van der Waals surface area contributed by atoms with E-state index in [1.165, 1.54) is 16.3 Å². The minimum absolute atomic E-state index is 0.174. The first-order valence-corrected chi connectivity index (χ1v) is 13.6. The Hall–Kier alpha value is -4.68. The average molecular weight is 531 g/mol. The molecule has 0 aliphatic heterocycles. The van der Waals surface area contributed by atoms with Gasteiger partial charge in [0.15, 0.2) is 0 Å². The summed E-state index contributed by atoms with van der Waals surface area (Å²) in [6.45, 7) is 1.90. The molecule has 0 unspecified atom stereocenters.